The van der Waals surface area contributed by atoms with Crippen molar-refractivity contribution in [2.24, 2.45) is 5.92 Å². The molecule has 0 saturated carbocycles. The number of halogens is 3. The summed E-state index contributed by atoms with van der Waals surface area (Å²) in [6.45, 7) is 6.89. The van der Waals surface area contributed by atoms with Gasteiger partial charge in [-0.25, -0.2) is 4.79 Å². The molecule has 38 heavy (non-hydrogen) atoms. The Bertz CT molecular complexity index is 1190. The molecule has 7 nitrogen and oxygen atoms in total. The van der Waals surface area contributed by atoms with E-state index >= 15 is 0 Å². The summed E-state index contributed by atoms with van der Waals surface area (Å²) in [5.74, 6) is -0.406. The van der Waals surface area contributed by atoms with E-state index in [1.165, 1.54) is 29.2 Å². The predicted molar refractivity (Wildman–Crippen MR) is 136 cm³/mol. The number of urea groups is 1. The molecule has 0 bridgehead atoms. The highest BCUT2D eigenvalue weighted by molar-refractivity contribution is 6.07. The van der Waals surface area contributed by atoms with Crippen LogP contribution in [0.3, 0.4) is 0 Å². The fourth-order valence-electron chi connectivity index (χ4n) is 5.28. The van der Waals surface area contributed by atoms with Crippen molar-refractivity contribution < 1.29 is 32.3 Å². The lowest BCUT2D eigenvalue weighted by atomic mass is 9.85. The van der Waals surface area contributed by atoms with Gasteiger partial charge >= 0.3 is 12.4 Å². The Morgan fingerprint density at radius 2 is 1.68 bits per heavy atom. The molecule has 4 rings (SSSR count). The number of hydrogen-bond donors (Lipinski definition) is 0. The Morgan fingerprint density at radius 1 is 1.03 bits per heavy atom. The standard InChI is InChI=1S/C28H32F3N3O4/c1-19(2)17-33-25(36)27(11-13-32(14-12-27)23-6-4-5-22(16-23)15-20(3)35)34(26(33)37)18-21-7-9-24(10-8-21)38-28(29,30)31/h4-10,16,19H,11-15,17-18H2,1-3H3. The third-order valence-electron chi connectivity index (χ3n) is 6.99. The summed E-state index contributed by atoms with van der Waals surface area (Å²) in [5.41, 5.74) is 1.46. The van der Waals surface area contributed by atoms with Gasteiger partial charge in [-0.05, 0) is 61.1 Å². The summed E-state index contributed by atoms with van der Waals surface area (Å²) in [5, 5.41) is 0. The second kappa shape index (κ2) is 10.7. The minimum absolute atomic E-state index is 0.0775. The highest BCUT2D eigenvalue weighted by Gasteiger charge is 2.57. The zero-order valence-corrected chi connectivity index (χ0v) is 21.8. The van der Waals surface area contributed by atoms with Crippen molar-refractivity contribution in [2.75, 3.05) is 24.5 Å². The van der Waals surface area contributed by atoms with Gasteiger partial charge in [0.15, 0.2) is 0 Å². The Kier molecular flexibility index (Phi) is 7.71. The summed E-state index contributed by atoms with van der Waals surface area (Å²) in [4.78, 5) is 43.8. The van der Waals surface area contributed by atoms with Crippen LogP contribution in [0.15, 0.2) is 48.5 Å². The number of anilines is 1. The number of carbonyl (C=O) groups excluding carboxylic acids is 3. The lowest BCUT2D eigenvalue weighted by Crippen LogP contribution is -2.56. The number of nitrogens with zero attached hydrogens (tertiary/aromatic N) is 3. The van der Waals surface area contributed by atoms with Gasteiger partial charge in [0.1, 0.15) is 17.1 Å². The van der Waals surface area contributed by atoms with E-state index in [-0.39, 0.29) is 35.9 Å². The number of benzene rings is 2. The van der Waals surface area contributed by atoms with Crippen LogP contribution in [0.2, 0.25) is 0 Å². The van der Waals surface area contributed by atoms with E-state index in [0.29, 0.717) is 44.5 Å². The van der Waals surface area contributed by atoms with Crippen LogP contribution in [-0.4, -0.2) is 59.1 Å². The third kappa shape index (κ3) is 5.95. The average molecular weight is 532 g/mol. The zero-order chi connectivity index (χ0) is 27.7. The molecule has 0 unspecified atom stereocenters. The fraction of sp³-hybridized carbons (Fsp3) is 0.464. The highest BCUT2D eigenvalue weighted by atomic mass is 19.4. The number of imide groups is 1. The topological polar surface area (TPSA) is 70.2 Å². The molecule has 2 fully saturated rings. The number of piperidine rings is 1. The van der Waals surface area contributed by atoms with Crippen LogP contribution in [0, 0.1) is 5.92 Å². The Balaban J connectivity index is 1.56. The van der Waals surface area contributed by atoms with Crippen molar-refractivity contribution in [3.8, 4) is 5.75 Å². The summed E-state index contributed by atoms with van der Waals surface area (Å²) in [6, 6.07) is 12.8. The van der Waals surface area contributed by atoms with E-state index in [9.17, 15) is 27.6 Å². The van der Waals surface area contributed by atoms with E-state index in [1.807, 2.05) is 38.1 Å². The van der Waals surface area contributed by atoms with E-state index in [2.05, 4.69) is 9.64 Å². The first-order chi connectivity index (χ1) is 17.9. The van der Waals surface area contributed by atoms with Crippen LogP contribution in [0.4, 0.5) is 23.7 Å². The van der Waals surface area contributed by atoms with Crippen molar-refractivity contribution in [1.29, 1.82) is 0 Å². The summed E-state index contributed by atoms with van der Waals surface area (Å²) in [6.07, 6.45) is -3.61. The van der Waals surface area contributed by atoms with Gasteiger partial charge in [-0.2, -0.15) is 0 Å². The number of hydrogen-bond acceptors (Lipinski definition) is 5. The molecule has 2 aliphatic rings. The minimum Gasteiger partial charge on any atom is -0.406 e. The largest absolute Gasteiger partial charge is 0.573 e. The van der Waals surface area contributed by atoms with Crippen LogP contribution in [0.25, 0.3) is 0 Å². The van der Waals surface area contributed by atoms with Crippen LogP contribution < -0.4 is 9.64 Å². The quantitative estimate of drug-likeness (QED) is 0.440. The van der Waals surface area contributed by atoms with Crippen molar-refractivity contribution in [3.05, 3.63) is 59.7 Å². The number of ketones is 1. The Labute approximate surface area is 220 Å². The van der Waals surface area contributed by atoms with Crippen LogP contribution in [0.5, 0.6) is 5.75 Å². The molecule has 3 amide bonds. The first kappa shape index (κ1) is 27.5. The van der Waals surface area contributed by atoms with Gasteiger partial charge in [0.05, 0.1) is 0 Å². The van der Waals surface area contributed by atoms with Gasteiger partial charge in [0.2, 0.25) is 0 Å². The molecule has 2 heterocycles. The number of carbonyl (C=O) groups is 3. The monoisotopic (exact) mass is 531 g/mol. The molecule has 0 aromatic heterocycles. The molecular weight excluding hydrogens is 499 g/mol. The molecule has 0 atom stereocenters. The van der Waals surface area contributed by atoms with Crippen LogP contribution in [-0.2, 0) is 22.6 Å². The molecule has 2 aromatic rings. The molecule has 2 aromatic carbocycles. The lowest BCUT2D eigenvalue weighted by Gasteiger charge is -2.43. The molecule has 2 saturated heterocycles. The first-order valence-corrected chi connectivity index (χ1v) is 12.7. The van der Waals surface area contributed by atoms with E-state index in [4.69, 9.17) is 0 Å². The second-order valence-electron chi connectivity index (χ2n) is 10.4. The number of Topliss-reactive ketones (excluding diaryl/α,β-unsaturated/α-hetero) is 1. The molecule has 2 aliphatic heterocycles. The maximum absolute atomic E-state index is 13.7. The van der Waals surface area contributed by atoms with Gasteiger partial charge in [-0.1, -0.05) is 38.1 Å². The maximum Gasteiger partial charge on any atom is 0.573 e. The molecular formula is C28H32F3N3O4. The zero-order valence-electron chi connectivity index (χ0n) is 21.8. The SMILES string of the molecule is CC(=O)Cc1cccc(N2CCC3(CC2)C(=O)N(CC(C)C)C(=O)N3Cc2ccc(OC(F)(F)F)cc2)c1. The Morgan fingerprint density at radius 3 is 2.26 bits per heavy atom. The molecule has 204 valence electrons. The number of rotatable bonds is 8. The maximum atomic E-state index is 13.7. The number of alkyl halides is 3. The van der Waals surface area contributed by atoms with E-state index < -0.39 is 11.9 Å². The van der Waals surface area contributed by atoms with Gasteiger partial charge in [0.25, 0.3) is 5.91 Å². The Hall–Kier alpha value is -3.56. The molecule has 10 heteroatoms. The smallest absolute Gasteiger partial charge is 0.406 e. The summed E-state index contributed by atoms with van der Waals surface area (Å²) < 4.78 is 41.6. The molecule has 0 radical (unpaired) electrons. The van der Waals surface area contributed by atoms with Crippen molar-refractivity contribution in [3.63, 3.8) is 0 Å². The normalized spacial score (nSPS) is 17.6. The second-order valence-corrected chi connectivity index (χ2v) is 10.4. The fourth-order valence-corrected chi connectivity index (χ4v) is 5.28. The summed E-state index contributed by atoms with van der Waals surface area (Å²) >= 11 is 0. The van der Waals surface area contributed by atoms with Gasteiger partial charge < -0.3 is 14.5 Å². The number of amides is 3. The number of ether oxygens (including phenoxy) is 1. The van der Waals surface area contributed by atoms with Crippen LogP contribution in [0.1, 0.15) is 44.7 Å². The van der Waals surface area contributed by atoms with Gasteiger partial charge in [-0.15, -0.1) is 13.2 Å². The third-order valence-corrected chi connectivity index (χ3v) is 6.99. The lowest BCUT2D eigenvalue weighted by molar-refractivity contribution is -0.274. The predicted octanol–water partition coefficient (Wildman–Crippen LogP) is 5.18. The average Bonchev–Trinajstić information content (AvgIpc) is 3.01. The molecule has 0 aliphatic carbocycles. The van der Waals surface area contributed by atoms with Crippen LogP contribution >= 0.6 is 0 Å². The molecule has 0 N–H and O–H groups in total. The van der Waals surface area contributed by atoms with Crippen molar-refractivity contribution in [1.82, 2.24) is 9.80 Å². The van der Waals surface area contributed by atoms with Crippen molar-refractivity contribution in [2.45, 2.75) is 58.5 Å². The summed E-state index contributed by atoms with van der Waals surface area (Å²) in [7, 11) is 0. The van der Waals surface area contributed by atoms with E-state index in [0.717, 1.165) is 11.3 Å². The highest BCUT2D eigenvalue weighted by Crippen LogP contribution is 2.40. The first-order valence-electron chi connectivity index (χ1n) is 12.7. The van der Waals surface area contributed by atoms with Gasteiger partial charge in [-0.3, -0.25) is 14.5 Å². The van der Waals surface area contributed by atoms with Crippen molar-refractivity contribution >= 4 is 23.4 Å². The minimum atomic E-state index is -4.79. The van der Waals surface area contributed by atoms with E-state index in [1.54, 1.807) is 11.8 Å². The van der Waals surface area contributed by atoms with Gasteiger partial charge in [0, 0.05) is 38.3 Å². The molecule has 1 spiro atoms.